The third-order valence-corrected chi connectivity index (χ3v) is 1.63. The molecule has 0 spiro atoms. The third kappa shape index (κ3) is 3.16. The van der Waals surface area contributed by atoms with Crippen molar-refractivity contribution >= 4 is 12.1 Å². The first-order valence-corrected chi connectivity index (χ1v) is 4.16. The van der Waals surface area contributed by atoms with Crippen molar-refractivity contribution in [2.45, 2.75) is 32.6 Å². The SMILES string of the molecule is CCC/C=N/NC(=O)C1CC1. The van der Waals surface area contributed by atoms with Gasteiger partial charge in [-0.1, -0.05) is 13.3 Å². The van der Waals surface area contributed by atoms with Crippen molar-refractivity contribution in [3.63, 3.8) is 0 Å². The summed E-state index contributed by atoms with van der Waals surface area (Å²) in [6.07, 6.45) is 5.83. The molecule has 1 fully saturated rings. The summed E-state index contributed by atoms with van der Waals surface area (Å²) in [7, 11) is 0. The molecule has 1 rings (SSSR count). The Morgan fingerprint density at radius 1 is 1.73 bits per heavy atom. The average molecular weight is 154 g/mol. The van der Waals surface area contributed by atoms with Crippen LogP contribution in [0.5, 0.6) is 0 Å². The van der Waals surface area contributed by atoms with Crippen molar-refractivity contribution in [2.75, 3.05) is 0 Å². The molecule has 0 radical (unpaired) electrons. The van der Waals surface area contributed by atoms with E-state index in [0.29, 0.717) is 0 Å². The molecular weight excluding hydrogens is 140 g/mol. The smallest absolute Gasteiger partial charge is 0.243 e. The quantitative estimate of drug-likeness (QED) is 0.481. The van der Waals surface area contributed by atoms with Crippen LogP contribution in [-0.2, 0) is 4.79 Å². The van der Waals surface area contributed by atoms with E-state index in [1.165, 1.54) is 0 Å². The Bertz CT molecular complexity index is 161. The van der Waals surface area contributed by atoms with Gasteiger partial charge < -0.3 is 0 Å². The van der Waals surface area contributed by atoms with Gasteiger partial charge in [0.2, 0.25) is 5.91 Å². The zero-order valence-corrected chi connectivity index (χ0v) is 6.84. The molecule has 0 aromatic heterocycles. The molecule has 0 unspecified atom stereocenters. The Hall–Kier alpha value is -0.860. The molecule has 0 aromatic carbocycles. The number of carbonyl (C=O) groups is 1. The molecule has 0 aliphatic heterocycles. The topological polar surface area (TPSA) is 41.5 Å². The van der Waals surface area contributed by atoms with Gasteiger partial charge in [-0.3, -0.25) is 4.79 Å². The zero-order chi connectivity index (χ0) is 8.10. The van der Waals surface area contributed by atoms with Gasteiger partial charge in [0.05, 0.1) is 0 Å². The number of nitrogens with one attached hydrogen (secondary N) is 1. The van der Waals surface area contributed by atoms with Crippen molar-refractivity contribution in [1.82, 2.24) is 5.43 Å². The van der Waals surface area contributed by atoms with Crippen LogP contribution in [0, 0.1) is 5.92 Å². The molecule has 1 amide bonds. The molecule has 0 bridgehead atoms. The second kappa shape index (κ2) is 4.11. The van der Waals surface area contributed by atoms with E-state index in [1.807, 2.05) is 0 Å². The van der Waals surface area contributed by atoms with Gasteiger partial charge in [-0.05, 0) is 19.3 Å². The molecule has 0 heterocycles. The predicted octanol–water partition coefficient (Wildman–Crippen LogP) is 1.30. The maximum atomic E-state index is 10.9. The summed E-state index contributed by atoms with van der Waals surface area (Å²) in [4.78, 5) is 10.9. The highest BCUT2D eigenvalue weighted by atomic mass is 16.2. The minimum atomic E-state index is 0.0809. The van der Waals surface area contributed by atoms with Gasteiger partial charge in [0.25, 0.3) is 0 Å². The second-order valence-electron chi connectivity index (χ2n) is 2.85. The van der Waals surface area contributed by atoms with Gasteiger partial charge in [0, 0.05) is 12.1 Å². The van der Waals surface area contributed by atoms with Crippen LogP contribution in [0.2, 0.25) is 0 Å². The molecule has 11 heavy (non-hydrogen) atoms. The maximum absolute atomic E-state index is 10.9. The van der Waals surface area contributed by atoms with E-state index in [1.54, 1.807) is 6.21 Å². The van der Waals surface area contributed by atoms with Gasteiger partial charge in [-0.15, -0.1) is 0 Å². The number of nitrogens with zero attached hydrogens (tertiary/aromatic N) is 1. The van der Waals surface area contributed by atoms with Crippen LogP contribution in [-0.4, -0.2) is 12.1 Å². The monoisotopic (exact) mass is 154 g/mol. The summed E-state index contributed by atoms with van der Waals surface area (Å²) in [6.45, 7) is 2.08. The fourth-order valence-corrected chi connectivity index (χ4v) is 0.740. The van der Waals surface area contributed by atoms with E-state index >= 15 is 0 Å². The molecule has 3 heteroatoms. The molecule has 0 atom stereocenters. The summed E-state index contributed by atoms with van der Waals surface area (Å²) in [5.41, 5.74) is 2.51. The maximum Gasteiger partial charge on any atom is 0.243 e. The number of hydrogen-bond acceptors (Lipinski definition) is 2. The summed E-state index contributed by atoms with van der Waals surface area (Å²) in [5, 5.41) is 3.80. The van der Waals surface area contributed by atoms with E-state index in [0.717, 1.165) is 25.7 Å². The van der Waals surface area contributed by atoms with Crippen LogP contribution in [0.1, 0.15) is 32.6 Å². The second-order valence-corrected chi connectivity index (χ2v) is 2.85. The van der Waals surface area contributed by atoms with E-state index in [-0.39, 0.29) is 11.8 Å². The van der Waals surface area contributed by atoms with Gasteiger partial charge in [0.1, 0.15) is 0 Å². The van der Waals surface area contributed by atoms with Gasteiger partial charge >= 0.3 is 0 Å². The Morgan fingerprint density at radius 2 is 2.45 bits per heavy atom. The summed E-state index contributed by atoms with van der Waals surface area (Å²) in [6, 6.07) is 0. The molecule has 0 aromatic rings. The third-order valence-electron chi connectivity index (χ3n) is 1.63. The molecule has 0 saturated heterocycles. The molecule has 62 valence electrons. The molecule has 1 aliphatic rings. The highest BCUT2D eigenvalue weighted by molar-refractivity contribution is 5.81. The first kappa shape index (κ1) is 8.24. The van der Waals surface area contributed by atoms with Gasteiger partial charge in [-0.2, -0.15) is 5.10 Å². The lowest BCUT2D eigenvalue weighted by molar-refractivity contribution is -0.122. The number of unbranched alkanes of at least 4 members (excludes halogenated alkanes) is 1. The van der Waals surface area contributed by atoms with Crippen LogP contribution >= 0.6 is 0 Å². The minimum absolute atomic E-state index is 0.0809. The lowest BCUT2D eigenvalue weighted by Crippen LogP contribution is -2.18. The number of carbonyl (C=O) groups excluding carboxylic acids is 1. The highest BCUT2D eigenvalue weighted by Crippen LogP contribution is 2.28. The van der Waals surface area contributed by atoms with E-state index in [4.69, 9.17) is 0 Å². The van der Waals surface area contributed by atoms with Gasteiger partial charge in [0.15, 0.2) is 0 Å². The Kier molecular flexibility index (Phi) is 3.08. The van der Waals surface area contributed by atoms with Gasteiger partial charge in [-0.25, -0.2) is 5.43 Å². The fourth-order valence-electron chi connectivity index (χ4n) is 0.740. The zero-order valence-electron chi connectivity index (χ0n) is 6.84. The van der Waals surface area contributed by atoms with E-state index in [2.05, 4.69) is 17.5 Å². The molecule has 1 aliphatic carbocycles. The number of hydrogen-bond donors (Lipinski definition) is 1. The standard InChI is InChI=1S/C8H14N2O/c1-2-3-6-9-10-8(11)7-4-5-7/h6-7H,2-5H2,1H3,(H,10,11)/b9-6+. The Morgan fingerprint density at radius 3 is 3.00 bits per heavy atom. The number of rotatable bonds is 4. The minimum Gasteiger partial charge on any atom is -0.273 e. The van der Waals surface area contributed by atoms with E-state index in [9.17, 15) is 4.79 Å². The van der Waals surface area contributed by atoms with Crippen molar-refractivity contribution in [3.8, 4) is 0 Å². The van der Waals surface area contributed by atoms with Crippen molar-refractivity contribution < 1.29 is 4.79 Å². The van der Waals surface area contributed by atoms with Crippen LogP contribution in [0.3, 0.4) is 0 Å². The molecule has 1 saturated carbocycles. The largest absolute Gasteiger partial charge is 0.273 e. The first-order valence-electron chi connectivity index (χ1n) is 4.16. The lowest BCUT2D eigenvalue weighted by Gasteiger charge is -1.93. The van der Waals surface area contributed by atoms with Crippen molar-refractivity contribution in [2.24, 2.45) is 11.0 Å². The Labute approximate surface area is 66.9 Å². The van der Waals surface area contributed by atoms with Crippen molar-refractivity contribution in [3.05, 3.63) is 0 Å². The first-order chi connectivity index (χ1) is 5.34. The number of amides is 1. The predicted molar refractivity (Wildman–Crippen MR) is 44.3 cm³/mol. The fraction of sp³-hybridized carbons (Fsp3) is 0.750. The molecule has 3 nitrogen and oxygen atoms in total. The van der Waals surface area contributed by atoms with Crippen LogP contribution in [0.25, 0.3) is 0 Å². The van der Waals surface area contributed by atoms with Crippen LogP contribution < -0.4 is 5.43 Å². The molecule has 1 N–H and O–H groups in total. The average Bonchev–Trinajstić information content (AvgIpc) is 2.79. The van der Waals surface area contributed by atoms with Crippen LogP contribution in [0.4, 0.5) is 0 Å². The Balaban J connectivity index is 2.05. The highest BCUT2D eigenvalue weighted by Gasteiger charge is 2.29. The lowest BCUT2D eigenvalue weighted by atomic mass is 10.4. The summed E-state index contributed by atoms with van der Waals surface area (Å²) < 4.78 is 0. The summed E-state index contributed by atoms with van der Waals surface area (Å²) >= 11 is 0. The van der Waals surface area contributed by atoms with Crippen LogP contribution in [0.15, 0.2) is 5.10 Å². The van der Waals surface area contributed by atoms with E-state index < -0.39 is 0 Å². The number of hydrazone groups is 1. The normalized spacial score (nSPS) is 17.2. The summed E-state index contributed by atoms with van der Waals surface area (Å²) in [5.74, 6) is 0.339. The molecular formula is C8H14N2O. The van der Waals surface area contributed by atoms with Crippen molar-refractivity contribution in [1.29, 1.82) is 0 Å².